The lowest BCUT2D eigenvalue weighted by Crippen LogP contribution is -2.21. The van der Waals surface area contributed by atoms with E-state index in [1.54, 1.807) is 24.3 Å². The third-order valence-electron chi connectivity index (χ3n) is 1.72. The lowest BCUT2D eigenvalue weighted by molar-refractivity contribution is -0.467. The van der Waals surface area contributed by atoms with E-state index in [0.717, 1.165) is 0 Å². The average molecular weight is 224 g/mol. The Morgan fingerprint density at radius 1 is 1.44 bits per heavy atom. The minimum Gasteiger partial charge on any atom is -0.494 e. The molecule has 0 radical (unpaired) electrons. The fraction of sp³-hybridized carbons (Fsp3) is 0.300. The van der Waals surface area contributed by atoms with Crippen LogP contribution < -0.4 is 10.1 Å². The Bertz CT molecular complexity index is 375. The third kappa shape index (κ3) is 3.95. The van der Waals surface area contributed by atoms with Gasteiger partial charge in [-0.15, -0.1) is 0 Å². The number of nitrogens with one attached hydrogen (secondary N) is 1. The van der Waals surface area contributed by atoms with Crippen LogP contribution in [0.3, 0.4) is 0 Å². The molecule has 0 aliphatic heterocycles. The highest BCUT2D eigenvalue weighted by Gasteiger charge is 2.08. The van der Waals surface area contributed by atoms with E-state index in [1.807, 2.05) is 6.92 Å². The van der Waals surface area contributed by atoms with Crippen LogP contribution >= 0.6 is 0 Å². The molecule has 0 heterocycles. The molecule has 1 aromatic rings. The molecule has 0 atom stereocenters. The smallest absolute Gasteiger partial charge is 0.296 e. The van der Waals surface area contributed by atoms with Gasteiger partial charge in [0.15, 0.2) is 0 Å². The van der Waals surface area contributed by atoms with Crippen LogP contribution in [-0.4, -0.2) is 24.0 Å². The molecule has 0 aliphatic carbocycles. The fourth-order valence-electron chi connectivity index (χ4n) is 1.12. The second kappa shape index (κ2) is 5.69. The highest BCUT2D eigenvalue weighted by Crippen LogP contribution is 2.15. The van der Waals surface area contributed by atoms with Gasteiger partial charge >= 0.3 is 0 Å². The van der Waals surface area contributed by atoms with E-state index in [4.69, 9.17) is 4.74 Å². The van der Waals surface area contributed by atoms with Crippen molar-refractivity contribution in [1.29, 1.82) is 0 Å². The van der Waals surface area contributed by atoms with Gasteiger partial charge < -0.3 is 10.1 Å². The molecular formula is C10H12N2O4. The number of benzene rings is 1. The van der Waals surface area contributed by atoms with Crippen LogP contribution in [0.15, 0.2) is 24.3 Å². The Balaban J connectivity index is 2.54. The maximum atomic E-state index is 11.0. The monoisotopic (exact) mass is 224 g/mol. The SMILES string of the molecule is CCOc1ccc(NC(=O)C[N+](=O)[O-])cc1. The van der Waals surface area contributed by atoms with Crippen molar-refractivity contribution < 1.29 is 14.5 Å². The standard InChI is InChI=1S/C10H12N2O4/c1-2-16-9-5-3-8(4-6-9)11-10(13)7-12(14)15/h3-6H,2,7H2,1H3,(H,11,13). The molecular weight excluding hydrogens is 212 g/mol. The molecule has 6 heteroatoms. The van der Waals surface area contributed by atoms with Crippen molar-refractivity contribution in [2.24, 2.45) is 0 Å². The first kappa shape index (κ1) is 12.0. The first-order valence-electron chi connectivity index (χ1n) is 4.76. The second-order valence-electron chi connectivity index (χ2n) is 3.00. The van der Waals surface area contributed by atoms with Gasteiger partial charge in [0.25, 0.3) is 12.5 Å². The van der Waals surface area contributed by atoms with Crippen LogP contribution in [0.2, 0.25) is 0 Å². The van der Waals surface area contributed by atoms with Gasteiger partial charge in [0.2, 0.25) is 0 Å². The van der Waals surface area contributed by atoms with Crippen LogP contribution in [0.1, 0.15) is 6.92 Å². The molecule has 1 rings (SSSR count). The van der Waals surface area contributed by atoms with Gasteiger partial charge in [-0.3, -0.25) is 14.9 Å². The lowest BCUT2D eigenvalue weighted by Gasteiger charge is -2.05. The zero-order valence-electron chi connectivity index (χ0n) is 8.80. The quantitative estimate of drug-likeness (QED) is 0.603. The molecule has 0 spiro atoms. The highest BCUT2D eigenvalue weighted by molar-refractivity contribution is 5.91. The number of nitro groups is 1. The Kier molecular flexibility index (Phi) is 4.26. The van der Waals surface area contributed by atoms with Crippen molar-refractivity contribution in [3.63, 3.8) is 0 Å². The average Bonchev–Trinajstić information content (AvgIpc) is 2.20. The predicted octanol–water partition coefficient (Wildman–Crippen LogP) is 1.30. The molecule has 0 saturated heterocycles. The van der Waals surface area contributed by atoms with E-state index >= 15 is 0 Å². The number of hydrogen-bond acceptors (Lipinski definition) is 4. The molecule has 0 bridgehead atoms. The van der Waals surface area contributed by atoms with Crippen LogP contribution in [0, 0.1) is 10.1 Å². The number of rotatable bonds is 5. The summed E-state index contributed by atoms with van der Waals surface area (Å²) in [5.41, 5.74) is 0.510. The van der Waals surface area contributed by atoms with Gasteiger partial charge in [0.05, 0.1) is 6.61 Å². The largest absolute Gasteiger partial charge is 0.494 e. The summed E-state index contributed by atoms with van der Waals surface area (Å²) < 4.78 is 5.21. The molecule has 1 amide bonds. The summed E-state index contributed by atoms with van der Waals surface area (Å²) in [5.74, 6) is 0.0453. The van der Waals surface area contributed by atoms with Crippen LogP contribution in [0.4, 0.5) is 5.69 Å². The summed E-state index contributed by atoms with van der Waals surface area (Å²) in [5, 5.41) is 12.5. The first-order chi connectivity index (χ1) is 7.61. The summed E-state index contributed by atoms with van der Waals surface area (Å²) in [6.07, 6.45) is 0. The summed E-state index contributed by atoms with van der Waals surface area (Å²) >= 11 is 0. The molecule has 16 heavy (non-hydrogen) atoms. The summed E-state index contributed by atoms with van der Waals surface area (Å²) in [4.78, 5) is 20.4. The number of anilines is 1. The molecule has 1 N–H and O–H groups in total. The minimum absolute atomic E-state index is 0.510. The first-order valence-corrected chi connectivity index (χ1v) is 4.76. The summed E-state index contributed by atoms with van der Waals surface area (Å²) in [6, 6.07) is 6.63. The maximum absolute atomic E-state index is 11.0. The van der Waals surface area contributed by atoms with Gasteiger partial charge in [-0.2, -0.15) is 0 Å². The van der Waals surface area contributed by atoms with E-state index in [9.17, 15) is 14.9 Å². The van der Waals surface area contributed by atoms with Crippen LogP contribution in [0.5, 0.6) is 5.75 Å². The summed E-state index contributed by atoms with van der Waals surface area (Å²) in [7, 11) is 0. The number of ether oxygens (including phenoxy) is 1. The van der Waals surface area contributed by atoms with E-state index < -0.39 is 17.4 Å². The van der Waals surface area contributed by atoms with E-state index in [1.165, 1.54) is 0 Å². The molecule has 0 unspecified atom stereocenters. The Labute approximate surface area is 92.4 Å². The van der Waals surface area contributed by atoms with Gasteiger partial charge in [0, 0.05) is 10.6 Å². The molecule has 1 aromatic carbocycles. The second-order valence-corrected chi connectivity index (χ2v) is 3.00. The molecule has 0 aromatic heterocycles. The molecule has 86 valence electrons. The van der Waals surface area contributed by atoms with Crippen molar-refractivity contribution in [3.8, 4) is 5.75 Å². The van der Waals surface area contributed by atoms with Crippen molar-refractivity contribution in [2.75, 3.05) is 18.5 Å². The molecule has 6 nitrogen and oxygen atoms in total. The fourth-order valence-corrected chi connectivity index (χ4v) is 1.12. The summed E-state index contributed by atoms with van der Waals surface area (Å²) in [6.45, 7) is 1.70. The van der Waals surface area contributed by atoms with Crippen LogP contribution in [0.25, 0.3) is 0 Å². The molecule has 0 saturated carbocycles. The van der Waals surface area contributed by atoms with E-state index in [0.29, 0.717) is 18.0 Å². The molecule has 0 fully saturated rings. The van der Waals surface area contributed by atoms with E-state index in [-0.39, 0.29) is 0 Å². The van der Waals surface area contributed by atoms with Crippen LogP contribution in [-0.2, 0) is 4.79 Å². The lowest BCUT2D eigenvalue weighted by atomic mass is 10.3. The van der Waals surface area contributed by atoms with Crippen molar-refractivity contribution in [2.45, 2.75) is 6.92 Å². The Morgan fingerprint density at radius 3 is 2.56 bits per heavy atom. The van der Waals surface area contributed by atoms with Crippen molar-refractivity contribution in [3.05, 3.63) is 34.4 Å². The third-order valence-corrected chi connectivity index (χ3v) is 1.72. The predicted molar refractivity (Wildman–Crippen MR) is 58.1 cm³/mol. The highest BCUT2D eigenvalue weighted by atomic mass is 16.6. The molecule has 0 aliphatic rings. The Hall–Kier alpha value is -2.11. The maximum Gasteiger partial charge on any atom is 0.296 e. The van der Waals surface area contributed by atoms with Gasteiger partial charge in [-0.05, 0) is 31.2 Å². The van der Waals surface area contributed by atoms with Crippen molar-refractivity contribution in [1.82, 2.24) is 0 Å². The zero-order valence-corrected chi connectivity index (χ0v) is 8.80. The Morgan fingerprint density at radius 2 is 2.06 bits per heavy atom. The topological polar surface area (TPSA) is 81.5 Å². The van der Waals surface area contributed by atoms with Gasteiger partial charge in [0.1, 0.15) is 5.75 Å². The van der Waals surface area contributed by atoms with Gasteiger partial charge in [-0.1, -0.05) is 0 Å². The van der Waals surface area contributed by atoms with E-state index in [2.05, 4.69) is 5.32 Å². The number of amides is 1. The number of hydrogen-bond donors (Lipinski definition) is 1. The minimum atomic E-state index is -0.729. The zero-order chi connectivity index (χ0) is 12.0. The number of nitrogens with zero attached hydrogens (tertiary/aromatic N) is 1. The number of carbonyl (C=O) groups is 1. The van der Waals surface area contributed by atoms with Crippen molar-refractivity contribution >= 4 is 11.6 Å². The van der Waals surface area contributed by atoms with Gasteiger partial charge in [-0.25, -0.2) is 0 Å². The normalized spacial score (nSPS) is 9.56. The number of carbonyl (C=O) groups excluding carboxylic acids is 1.